The molecule has 96 valence electrons. The third-order valence-corrected chi connectivity index (χ3v) is 2.78. The predicted octanol–water partition coefficient (Wildman–Crippen LogP) is -0.308. The van der Waals surface area contributed by atoms with Gasteiger partial charge in [0, 0.05) is 11.8 Å². The fourth-order valence-electron chi connectivity index (χ4n) is 1.79. The number of anilines is 1. The maximum atomic E-state index is 11.0. The lowest BCUT2D eigenvalue weighted by Gasteiger charge is -2.16. The number of carbonyl (C=O) groups is 2. The quantitative estimate of drug-likeness (QED) is 0.676. The minimum Gasteiger partial charge on any atom is -0.481 e. The summed E-state index contributed by atoms with van der Waals surface area (Å²) in [6.07, 6.45) is 1.44. The Morgan fingerprint density at radius 2 is 2.28 bits per heavy atom. The van der Waals surface area contributed by atoms with Crippen LogP contribution in [0.15, 0.2) is 18.3 Å². The van der Waals surface area contributed by atoms with Gasteiger partial charge in [-0.05, 0) is 12.1 Å². The molecule has 1 fully saturated rings. The number of hydrogen-bond donors (Lipinski definition) is 3. The number of pyridine rings is 1. The molecule has 2 rings (SSSR count). The largest absolute Gasteiger partial charge is 0.481 e. The van der Waals surface area contributed by atoms with Gasteiger partial charge in [0.05, 0.1) is 19.3 Å². The summed E-state index contributed by atoms with van der Waals surface area (Å²) in [7, 11) is 0. The van der Waals surface area contributed by atoms with Crippen LogP contribution in [0.1, 0.15) is 10.4 Å². The molecule has 2 heterocycles. The maximum Gasteiger partial charge on any atom is 0.311 e. The fourth-order valence-corrected chi connectivity index (χ4v) is 1.79. The Labute approximate surface area is 103 Å². The van der Waals surface area contributed by atoms with E-state index in [0.717, 1.165) is 0 Å². The molecule has 0 aliphatic carbocycles. The van der Waals surface area contributed by atoms with Crippen molar-refractivity contribution in [1.82, 2.24) is 4.98 Å². The first-order valence-corrected chi connectivity index (χ1v) is 5.41. The van der Waals surface area contributed by atoms with Gasteiger partial charge in [-0.15, -0.1) is 0 Å². The lowest BCUT2D eigenvalue weighted by molar-refractivity contribution is -0.141. The molecule has 18 heavy (non-hydrogen) atoms. The highest BCUT2D eigenvalue weighted by molar-refractivity contribution is 5.93. The molecular weight excluding hydrogens is 238 g/mol. The van der Waals surface area contributed by atoms with Gasteiger partial charge in [0.2, 0.25) is 5.91 Å². The van der Waals surface area contributed by atoms with Crippen molar-refractivity contribution < 1.29 is 19.4 Å². The molecule has 1 aromatic heterocycles. The number of nitrogens with one attached hydrogen (secondary N) is 1. The second kappa shape index (κ2) is 5.01. The van der Waals surface area contributed by atoms with Gasteiger partial charge >= 0.3 is 5.97 Å². The molecular formula is C11H13N3O4. The van der Waals surface area contributed by atoms with Crippen molar-refractivity contribution in [1.29, 1.82) is 0 Å². The van der Waals surface area contributed by atoms with Crippen LogP contribution in [0.25, 0.3) is 0 Å². The van der Waals surface area contributed by atoms with Crippen molar-refractivity contribution in [2.24, 2.45) is 11.7 Å². The number of carboxylic acid groups (broad SMARTS) is 1. The Morgan fingerprint density at radius 3 is 2.94 bits per heavy atom. The van der Waals surface area contributed by atoms with Crippen LogP contribution in [-0.2, 0) is 9.53 Å². The first-order chi connectivity index (χ1) is 8.58. The number of rotatable bonds is 4. The Hall–Kier alpha value is -2.15. The zero-order valence-electron chi connectivity index (χ0n) is 9.50. The highest BCUT2D eigenvalue weighted by atomic mass is 16.5. The summed E-state index contributed by atoms with van der Waals surface area (Å²) < 4.78 is 5.12. The normalized spacial score (nSPS) is 22.7. The van der Waals surface area contributed by atoms with Crippen molar-refractivity contribution in [3.05, 3.63) is 23.9 Å². The van der Waals surface area contributed by atoms with Crippen molar-refractivity contribution in [3.8, 4) is 0 Å². The van der Waals surface area contributed by atoms with Crippen LogP contribution in [0, 0.1) is 5.92 Å². The molecule has 1 aromatic rings. The molecule has 1 aliphatic heterocycles. The Morgan fingerprint density at radius 1 is 1.50 bits per heavy atom. The van der Waals surface area contributed by atoms with E-state index in [-0.39, 0.29) is 12.6 Å². The third kappa shape index (κ3) is 2.57. The molecule has 0 bridgehead atoms. The lowest BCUT2D eigenvalue weighted by atomic mass is 10.0. The Kier molecular flexibility index (Phi) is 3.42. The lowest BCUT2D eigenvalue weighted by Crippen LogP contribution is -2.33. The van der Waals surface area contributed by atoms with Crippen molar-refractivity contribution >= 4 is 17.7 Å². The Balaban J connectivity index is 2.11. The summed E-state index contributed by atoms with van der Waals surface area (Å²) in [5, 5.41) is 11.9. The van der Waals surface area contributed by atoms with Crippen LogP contribution >= 0.6 is 0 Å². The van der Waals surface area contributed by atoms with Gasteiger partial charge in [-0.2, -0.15) is 0 Å². The number of carboxylic acids is 1. The minimum atomic E-state index is -0.920. The minimum absolute atomic E-state index is 0.169. The number of nitrogens with zero attached hydrogens (tertiary/aromatic N) is 1. The Bertz CT molecular complexity index is 477. The SMILES string of the molecule is NC(=O)c1ccnc(NC2COCC2C(=O)O)c1. The summed E-state index contributed by atoms with van der Waals surface area (Å²) in [6.45, 7) is 0.460. The number of aromatic nitrogens is 1. The third-order valence-electron chi connectivity index (χ3n) is 2.78. The fraction of sp³-hybridized carbons (Fsp3) is 0.364. The zero-order valence-corrected chi connectivity index (χ0v) is 9.50. The van der Waals surface area contributed by atoms with Gasteiger partial charge in [0.15, 0.2) is 0 Å². The van der Waals surface area contributed by atoms with Crippen LogP contribution < -0.4 is 11.1 Å². The van der Waals surface area contributed by atoms with E-state index < -0.39 is 17.8 Å². The molecule has 1 amide bonds. The molecule has 0 spiro atoms. The number of amides is 1. The van der Waals surface area contributed by atoms with Crippen LogP contribution in [-0.4, -0.2) is 41.2 Å². The van der Waals surface area contributed by atoms with Crippen molar-refractivity contribution in [2.75, 3.05) is 18.5 Å². The van der Waals surface area contributed by atoms with E-state index in [4.69, 9.17) is 15.6 Å². The molecule has 4 N–H and O–H groups in total. The first kappa shape index (κ1) is 12.3. The number of carbonyl (C=O) groups excluding carboxylic acids is 1. The monoisotopic (exact) mass is 251 g/mol. The molecule has 7 heteroatoms. The molecule has 2 unspecified atom stereocenters. The van der Waals surface area contributed by atoms with Gasteiger partial charge < -0.3 is 20.9 Å². The average Bonchev–Trinajstić information content (AvgIpc) is 2.77. The number of nitrogens with two attached hydrogens (primary N) is 1. The first-order valence-electron chi connectivity index (χ1n) is 5.41. The van der Waals surface area contributed by atoms with E-state index in [1.165, 1.54) is 18.3 Å². The van der Waals surface area contributed by atoms with Gasteiger partial charge in [-0.25, -0.2) is 4.98 Å². The van der Waals surface area contributed by atoms with Crippen LogP contribution in [0.5, 0.6) is 0 Å². The van der Waals surface area contributed by atoms with Crippen LogP contribution in [0.4, 0.5) is 5.82 Å². The highest BCUT2D eigenvalue weighted by Crippen LogP contribution is 2.18. The van der Waals surface area contributed by atoms with E-state index in [0.29, 0.717) is 18.0 Å². The smallest absolute Gasteiger partial charge is 0.311 e. The summed E-state index contributed by atoms with van der Waals surface area (Å²) >= 11 is 0. The van der Waals surface area contributed by atoms with Gasteiger partial charge in [0.1, 0.15) is 11.7 Å². The van der Waals surface area contributed by atoms with E-state index in [1.807, 2.05) is 0 Å². The van der Waals surface area contributed by atoms with Gasteiger partial charge in [-0.1, -0.05) is 0 Å². The van der Waals surface area contributed by atoms with Gasteiger partial charge in [-0.3, -0.25) is 9.59 Å². The molecule has 0 saturated carbocycles. The summed E-state index contributed by atoms with van der Waals surface area (Å²) in [6, 6.07) is 2.62. The topological polar surface area (TPSA) is 115 Å². The predicted molar refractivity (Wildman–Crippen MR) is 62.1 cm³/mol. The molecule has 0 aromatic carbocycles. The van der Waals surface area contributed by atoms with Crippen molar-refractivity contribution in [3.63, 3.8) is 0 Å². The van der Waals surface area contributed by atoms with Gasteiger partial charge in [0.25, 0.3) is 0 Å². The number of primary amides is 1. The van der Waals surface area contributed by atoms with E-state index in [9.17, 15) is 9.59 Å². The van der Waals surface area contributed by atoms with Crippen LogP contribution in [0.2, 0.25) is 0 Å². The second-order valence-corrected chi connectivity index (χ2v) is 4.03. The van der Waals surface area contributed by atoms with E-state index in [2.05, 4.69) is 10.3 Å². The maximum absolute atomic E-state index is 11.0. The second-order valence-electron chi connectivity index (χ2n) is 4.03. The zero-order chi connectivity index (χ0) is 13.1. The number of ether oxygens (including phenoxy) is 1. The standard InChI is InChI=1S/C11H13N3O4/c12-10(15)6-1-2-13-9(3-6)14-8-5-18-4-7(8)11(16)17/h1-3,7-8H,4-5H2,(H2,12,15)(H,13,14)(H,16,17). The number of hydrogen-bond acceptors (Lipinski definition) is 5. The van der Waals surface area contributed by atoms with Crippen LogP contribution in [0.3, 0.4) is 0 Å². The highest BCUT2D eigenvalue weighted by Gasteiger charge is 2.34. The van der Waals surface area contributed by atoms with E-state index in [1.54, 1.807) is 0 Å². The number of aliphatic carboxylic acids is 1. The molecule has 0 radical (unpaired) electrons. The van der Waals surface area contributed by atoms with Crippen molar-refractivity contribution in [2.45, 2.75) is 6.04 Å². The average molecular weight is 251 g/mol. The molecule has 1 saturated heterocycles. The molecule has 2 atom stereocenters. The summed E-state index contributed by atoms with van der Waals surface area (Å²) in [4.78, 5) is 26.0. The summed E-state index contributed by atoms with van der Waals surface area (Å²) in [5.41, 5.74) is 5.47. The van der Waals surface area contributed by atoms with E-state index >= 15 is 0 Å². The summed E-state index contributed by atoms with van der Waals surface area (Å²) in [5.74, 6) is -1.69. The molecule has 1 aliphatic rings. The molecule has 7 nitrogen and oxygen atoms in total.